The van der Waals surface area contributed by atoms with E-state index in [1.165, 1.54) is 30.2 Å². The molecule has 2 aromatic heterocycles. The van der Waals surface area contributed by atoms with Crippen LogP contribution in [-0.4, -0.2) is 22.4 Å². The number of thiophene rings is 1. The van der Waals surface area contributed by atoms with Crippen molar-refractivity contribution in [2.24, 2.45) is 7.05 Å². The number of hydrogen-bond donors (Lipinski definition) is 0. The Morgan fingerprint density at radius 3 is 2.74 bits per heavy atom. The molecule has 0 saturated heterocycles. The van der Waals surface area contributed by atoms with Crippen molar-refractivity contribution in [1.82, 2.24) is 9.55 Å². The Kier molecular flexibility index (Phi) is 6.12. The first-order valence-electron chi connectivity index (χ1n) is 8.03. The second-order valence-corrected chi connectivity index (χ2v) is 9.05. The second-order valence-electron chi connectivity index (χ2n) is 5.87. The highest BCUT2D eigenvalue weighted by molar-refractivity contribution is 7.99. The lowest BCUT2D eigenvalue weighted by Crippen LogP contribution is -2.19. The van der Waals surface area contributed by atoms with E-state index in [9.17, 15) is 13.6 Å². The van der Waals surface area contributed by atoms with Gasteiger partial charge in [0.25, 0.3) is 11.3 Å². The molecule has 0 saturated carbocycles. The van der Waals surface area contributed by atoms with Gasteiger partial charge in [0.1, 0.15) is 10.6 Å². The highest BCUT2D eigenvalue weighted by Gasteiger charge is 2.16. The molecule has 4 nitrogen and oxygen atoms in total. The van der Waals surface area contributed by atoms with Gasteiger partial charge in [-0.15, -0.1) is 11.3 Å². The van der Waals surface area contributed by atoms with Gasteiger partial charge in [-0.1, -0.05) is 29.6 Å². The average Bonchev–Trinajstić information content (AvgIpc) is 2.91. The Balaban J connectivity index is 1.87. The number of hydrogen-bond acceptors (Lipinski definition) is 6. The van der Waals surface area contributed by atoms with E-state index in [0.29, 0.717) is 38.7 Å². The number of nitrogens with zero attached hydrogens (tertiary/aromatic N) is 2. The van der Waals surface area contributed by atoms with Crippen LogP contribution in [0.4, 0.5) is 8.78 Å². The lowest BCUT2D eigenvalue weighted by molar-refractivity contribution is 0.251. The molecule has 27 heavy (non-hydrogen) atoms. The van der Waals surface area contributed by atoms with Crippen molar-refractivity contribution in [1.29, 1.82) is 0 Å². The largest absolute Gasteiger partial charge is 0.496 e. The molecular formula is C18H18F2N2O2S3. The molecule has 0 bridgehead atoms. The summed E-state index contributed by atoms with van der Waals surface area (Å²) in [6.45, 7) is 3.93. The van der Waals surface area contributed by atoms with Crippen molar-refractivity contribution in [3.05, 3.63) is 44.6 Å². The van der Waals surface area contributed by atoms with Crippen LogP contribution in [0.15, 0.2) is 33.0 Å². The Morgan fingerprint density at radius 2 is 2.07 bits per heavy atom. The second kappa shape index (κ2) is 8.20. The van der Waals surface area contributed by atoms with Crippen LogP contribution < -0.4 is 10.3 Å². The van der Waals surface area contributed by atoms with E-state index >= 15 is 0 Å². The summed E-state index contributed by atoms with van der Waals surface area (Å²) in [7, 11) is 3.18. The fraction of sp³-hybridized carbons (Fsp3) is 0.333. The van der Waals surface area contributed by atoms with Crippen LogP contribution in [0.25, 0.3) is 10.2 Å². The van der Waals surface area contributed by atoms with E-state index in [1.807, 2.05) is 13.8 Å². The number of benzene rings is 1. The number of thioether (sulfide) groups is 2. The van der Waals surface area contributed by atoms with Crippen LogP contribution >= 0.6 is 34.9 Å². The van der Waals surface area contributed by atoms with Crippen molar-refractivity contribution in [3.8, 4) is 5.75 Å². The van der Waals surface area contributed by atoms with Crippen LogP contribution in [0.2, 0.25) is 0 Å². The molecule has 0 aliphatic rings. The third kappa shape index (κ3) is 4.14. The fourth-order valence-electron chi connectivity index (χ4n) is 2.63. The maximum absolute atomic E-state index is 12.7. The molecule has 9 heteroatoms. The first kappa shape index (κ1) is 20.2. The quantitative estimate of drug-likeness (QED) is 0.397. The molecule has 0 unspecified atom stereocenters. The van der Waals surface area contributed by atoms with Gasteiger partial charge in [-0.3, -0.25) is 9.36 Å². The molecule has 144 valence electrons. The number of halogens is 2. The van der Waals surface area contributed by atoms with Crippen LogP contribution in [0.3, 0.4) is 0 Å². The Morgan fingerprint density at radius 1 is 1.33 bits per heavy atom. The first-order valence-corrected chi connectivity index (χ1v) is 10.7. The van der Waals surface area contributed by atoms with Crippen molar-refractivity contribution < 1.29 is 13.5 Å². The molecule has 3 aromatic rings. The smallest absolute Gasteiger partial charge is 0.289 e. The van der Waals surface area contributed by atoms with Gasteiger partial charge in [-0.05, 0) is 37.1 Å². The van der Waals surface area contributed by atoms with Crippen LogP contribution in [0.1, 0.15) is 16.0 Å². The van der Waals surface area contributed by atoms with Gasteiger partial charge in [0.2, 0.25) is 0 Å². The standard InChI is InChI=1S/C18H18F2N2O2S3/c1-9-10(2)26-15-14(9)16(23)22(3)18(21-15)25-8-11-5-6-13(27-17(19)20)12(7-11)24-4/h5-7,17H,8H2,1-4H3. The summed E-state index contributed by atoms with van der Waals surface area (Å²) in [6.07, 6.45) is 0. The molecule has 0 amide bonds. The van der Waals surface area contributed by atoms with Gasteiger partial charge in [-0.2, -0.15) is 8.78 Å². The zero-order valence-electron chi connectivity index (χ0n) is 15.2. The average molecular weight is 429 g/mol. The van der Waals surface area contributed by atoms with Crippen LogP contribution in [0.5, 0.6) is 5.75 Å². The number of aryl methyl sites for hydroxylation is 2. The molecule has 0 aliphatic carbocycles. The predicted octanol–water partition coefficient (Wildman–Crippen LogP) is 5.23. The Labute approximate surface area is 168 Å². The number of rotatable bonds is 6. The summed E-state index contributed by atoms with van der Waals surface area (Å²) in [4.78, 5) is 19.5. The Bertz CT molecular complexity index is 1050. The van der Waals surface area contributed by atoms with Gasteiger partial charge in [-0.25, -0.2) is 4.98 Å². The minimum atomic E-state index is -2.50. The summed E-state index contributed by atoms with van der Waals surface area (Å²) in [6, 6.07) is 5.16. The molecule has 0 N–H and O–H groups in total. The maximum Gasteiger partial charge on any atom is 0.289 e. The zero-order chi connectivity index (χ0) is 19.7. The van der Waals surface area contributed by atoms with Gasteiger partial charge in [0, 0.05) is 17.7 Å². The topological polar surface area (TPSA) is 44.1 Å². The first-order chi connectivity index (χ1) is 12.8. The molecule has 0 fully saturated rings. The SMILES string of the molecule is COc1cc(CSc2nc3sc(C)c(C)c3c(=O)n2C)ccc1SC(F)F. The number of aromatic nitrogens is 2. The summed E-state index contributed by atoms with van der Waals surface area (Å²) < 4.78 is 32.0. The number of alkyl halides is 2. The number of fused-ring (bicyclic) bond motifs is 1. The molecule has 0 radical (unpaired) electrons. The van der Waals surface area contributed by atoms with Crippen LogP contribution in [-0.2, 0) is 12.8 Å². The number of methoxy groups -OCH3 is 1. The van der Waals surface area contributed by atoms with Crippen molar-refractivity contribution in [3.63, 3.8) is 0 Å². The van der Waals surface area contributed by atoms with E-state index in [4.69, 9.17) is 4.74 Å². The third-order valence-corrected chi connectivity index (χ3v) is 7.15. The predicted molar refractivity (Wildman–Crippen MR) is 109 cm³/mol. The van der Waals surface area contributed by atoms with Crippen LogP contribution in [0, 0.1) is 13.8 Å². The molecule has 0 atom stereocenters. The molecule has 2 heterocycles. The minimum absolute atomic E-state index is 0.0504. The third-order valence-electron chi connectivity index (χ3n) is 4.18. The van der Waals surface area contributed by atoms with Crippen molar-refractivity contribution in [2.75, 3.05) is 7.11 Å². The highest BCUT2D eigenvalue weighted by atomic mass is 32.2. The lowest BCUT2D eigenvalue weighted by Gasteiger charge is -2.11. The highest BCUT2D eigenvalue weighted by Crippen LogP contribution is 2.35. The van der Waals surface area contributed by atoms with Crippen molar-refractivity contribution >= 4 is 45.1 Å². The van der Waals surface area contributed by atoms with E-state index in [2.05, 4.69) is 4.98 Å². The molecule has 0 aliphatic heterocycles. The van der Waals surface area contributed by atoms with E-state index < -0.39 is 5.76 Å². The number of ether oxygens (including phenoxy) is 1. The normalized spacial score (nSPS) is 11.5. The monoisotopic (exact) mass is 428 g/mol. The van der Waals surface area contributed by atoms with Gasteiger partial charge in [0.15, 0.2) is 5.16 Å². The Hall–Kier alpha value is -1.58. The molecule has 3 rings (SSSR count). The molecule has 0 spiro atoms. The fourth-order valence-corrected chi connectivity index (χ4v) is 5.21. The summed E-state index contributed by atoms with van der Waals surface area (Å²) >= 11 is 3.41. The maximum atomic E-state index is 12.7. The van der Waals surface area contributed by atoms with Crippen molar-refractivity contribution in [2.45, 2.75) is 35.4 Å². The zero-order valence-corrected chi connectivity index (χ0v) is 17.7. The van der Waals surface area contributed by atoms with Gasteiger partial charge >= 0.3 is 0 Å². The van der Waals surface area contributed by atoms with E-state index in [0.717, 1.165) is 20.8 Å². The summed E-state index contributed by atoms with van der Waals surface area (Å²) in [5.74, 6) is -1.53. The molecular weight excluding hydrogens is 410 g/mol. The lowest BCUT2D eigenvalue weighted by atomic mass is 10.2. The summed E-state index contributed by atoms with van der Waals surface area (Å²) in [5.41, 5.74) is 1.84. The summed E-state index contributed by atoms with van der Waals surface area (Å²) in [5, 5.41) is 1.30. The minimum Gasteiger partial charge on any atom is -0.496 e. The van der Waals surface area contributed by atoms with E-state index in [1.54, 1.807) is 29.8 Å². The molecule has 1 aromatic carbocycles. The van der Waals surface area contributed by atoms with Gasteiger partial charge in [0.05, 0.1) is 17.4 Å². The van der Waals surface area contributed by atoms with Gasteiger partial charge < -0.3 is 4.74 Å². The van der Waals surface area contributed by atoms with E-state index in [-0.39, 0.29) is 5.56 Å².